The van der Waals surface area contributed by atoms with Crippen LogP contribution in [-0.4, -0.2) is 0 Å². The van der Waals surface area contributed by atoms with E-state index in [-0.39, 0.29) is 0 Å². The third-order valence-corrected chi connectivity index (χ3v) is 3.67. The minimum absolute atomic E-state index is 0.524. The molecule has 1 unspecified atom stereocenters. The molecule has 0 fully saturated rings. The maximum Gasteiger partial charge on any atom is -0.0277 e. The van der Waals surface area contributed by atoms with Gasteiger partial charge in [0.15, 0.2) is 0 Å². The smallest absolute Gasteiger partial charge is 0.0277 e. The first-order valence-electron chi connectivity index (χ1n) is 5.46. The predicted molar refractivity (Wildman–Crippen MR) is 57.1 cm³/mol. The SMILES string of the molecule is [CH2]CC(CC)(CC)C(C)CCC. The summed E-state index contributed by atoms with van der Waals surface area (Å²) in [6, 6.07) is 0. The minimum atomic E-state index is 0.524. The molecule has 0 aromatic rings. The molecule has 0 aromatic carbocycles. The summed E-state index contributed by atoms with van der Waals surface area (Å²) in [5.41, 5.74) is 0.524. The van der Waals surface area contributed by atoms with Crippen LogP contribution < -0.4 is 0 Å². The van der Waals surface area contributed by atoms with Crippen molar-refractivity contribution in [1.29, 1.82) is 0 Å². The van der Waals surface area contributed by atoms with E-state index in [1.54, 1.807) is 0 Å². The topological polar surface area (TPSA) is 0 Å². The Labute approximate surface area is 78.8 Å². The van der Waals surface area contributed by atoms with Gasteiger partial charge < -0.3 is 0 Å². The first-order valence-corrected chi connectivity index (χ1v) is 5.46. The monoisotopic (exact) mass is 169 g/mol. The molecule has 0 saturated carbocycles. The molecule has 0 heteroatoms. The normalized spacial score (nSPS) is 14.8. The van der Waals surface area contributed by atoms with Gasteiger partial charge >= 0.3 is 0 Å². The molecule has 0 nitrogen and oxygen atoms in total. The van der Waals surface area contributed by atoms with Crippen molar-refractivity contribution in [3.8, 4) is 0 Å². The van der Waals surface area contributed by atoms with Crippen molar-refractivity contribution in [3.05, 3.63) is 6.92 Å². The molecule has 0 aliphatic rings. The van der Waals surface area contributed by atoms with E-state index in [2.05, 4.69) is 34.6 Å². The summed E-state index contributed by atoms with van der Waals surface area (Å²) in [6.07, 6.45) is 6.34. The lowest BCUT2D eigenvalue weighted by Gasteiger charge is -2.37. The second-order valence-electron chi connectivity index (χ2n) is 4.01. The van der Waals surface area contributed by atoms with Crippen molar-refractivity contribution < 1.29 is 0 Å². The largest absolute Gasteiger partial charge is 0.0654 e. The summed E-state index contributed by atoms with van der Waals surface area (Å²) in [6.45, 7) is 13.4. The molecule has 0 heterocycles. The number of hydrogen-bond acceptors (Lipinski definition) is 0. The molecule has 0 N–H and O–H groups in total. The van der Waals surface area contributed by atoms with E-state index in [1.165, 1.54) is 25.7 Å². The molecule has 0 aromatic heterocycles. The second kappa shape index (κ2) is 5.61. The Hall–Kier alpha value is 0. The van der Waals surface area contributed by atoms with Gasteiger partial charge in [0.25, 0.3) is 0 Å². The van der Waals surface area contributed by atoms with E-state index in [4.69, 9.17) is 0 Å². The lowest BCUT2D eigenvalue weighted by Crippen LogP contribution is -2.26. The molecule has 0 saturated heterocycles. The number of hydrogen-bond donors (Lipinski definition) is 0. The highest BCUT2D eigenvalue weighted by molar-refractivity contribution is 4.82. The fourth-order valence-corrected chi connectivity index (χ4v) is 2.29. The Morgan fingerprint density at radius 2 is 1.67 bits per heavy atom. The molecule has 0 aliphatic heterocycles. The van der Waals surface area contributed by atoms with Crippen molar-refractivity contribution in [1.82, 2.24) is 0 Å². The number of rotatable bonds is 6. The van der Waals surface area contributed by atoms with Gasteiger partial charge in [0, 0.05) is 0 Å². The quantitative estimate of drug-likeness (QED) is 0.551. The van der Waals surface area contributed by atoms with E-state index >= 15 is 0 Å². The first-order chi connectivity index (χ1) is 5.66. The molecule has 73 valence electrons. The molecule has 0 aliphatic carbocycles. The van der Waals surface area contributed by atoms with Crippen LogP contribution in [0.2, 0.25) is 0 Å². The van der Waals surface area contributed by atoms with Crippen molar-refractivity contribution in [3.63, 3.8) is 0 Å². The van der Waals surface area contributed by atoms with Gasteiger partial charge in [-0.1, -0.05) is 60.3 Å². The summed E-state index contributed by atoms with van der Waals surface area (Å²) in [4.78, 5) is 0. The van der Waals surface area contributed by atoms with E-state index < -0.39 is 0 Å². The maximum absolute atomic E-state index is 4.10. The Morgan fingerprint density at radius 1 is 1.17 bits per heavy atom. The Morgan fingerprint density at radius 3 is 1.92 bits per heavy atom. The average molecular weight is 169 g/mol. The maximum atomic E-state index is 4.10. The molecule has 0 amide bonds. The van der Waals surface area contributed by atoms with Crippen LogP contribution in [-0.2, 0) is 0 Å². The van der Waals surface area contributed by atoms with Crippen LogP contribution in [0.4, 0.5) is 0 Å². The first kappa shape index (κ1) is 12.0. The van der Waals surface area contributed by atoms with Crippen LogP contribution in [0.5, 0.6) is 0 Å². The summed E-state index contributed by atoms with van der Waals surface area (Å²) in [5, 5.41) is 0. The predicted octanol–water partition coefficient (Wildman–Crippen LogP) is 4.45. The zero-order chi connectivity index (χ0) is 9.61. The van der Waals surface area contributed by atoms with Crippen molar-refractivity contribution in [2.75, 3.05) is 0 Å². The van der Waals surface area contributed by atoms with Crippen LogP contribution in [0.15, 0.2) is 0 Å². The van der Waals surface area contributed by atoms with Crippen molar-refractivity contribution in [2.45, 2.75) is 59.8 Å². The highest BCUT2D eigenvalue weighted by Crippen LogP contribution is 2.40. The van der Waals surface area contributed by atoms with E-state index in [0.29, 0.717) is 5.41 Å². The molecule has 1 atom stereocenters. The Balaban J connectivity index is 4.24. The van der Waals surface area contributed by atoms with Crippen LogP contribution in [0.1, 0.15) is 59.8 Å². The summed E-state index contributed by atoms with van der Waals surface area (Å²) in [5.74, 6) is 0.843. The van der Waals surface area contributed by atoms with Crippen molar-refractivity contribution >= 4 is 0 Å². The third-order valence-electron chi connectivity index (χ3n) is 3.67. The fraction of sp³-hybridized carbons (Fsp3) is 0.917. The summed E-state index contributed by atoms with van der Waals surface area (Å²) < 4.78 is 0. The summed E-state index contributed by atoms with van der Waals surface area (Å²) in [7, 11) is 0. The van der Waals surface area contributed by atoms with Crippen molar-refractivity contribution in [2.24, 2.45) is 11.3 Å². The van der Waals surface area contributed by atoms with Gasteiger partial charge in [-0.25, -0.2) is 0 Å². The average Bonchev–Trinajstić information content (AvgIpc) is 2.09. The molecule has 0 spiro atoms. The van der Waals surface area contributed by atoms with Crippen LogP contribution in [0, 0.1) is 18.3 Å². The summed E-state index contributed by atoms with van der Waals surface area (Å²) >= 11 is 0. The fourth-order valence-electron chi connectivity index (χ4n) is 2.29. The molecule has 0 bridgehead atoms. The molecule has 1 radical (unpaired) electrons. The van der Waals surface area contributed by atoms with Crippen LogP contribution >= 0.6 is 0 Å². The highest BCUT2D eigenvalue weighted by atomic mass is 14.3. The Bertz CT molecular complexity index is 92.3. The molecule has 12 heavy (non-hydrogen) atoms. The van der Waals surface area contributed by atoms with E-state index in [9.17, 15) is 0 Å². The van der Waals surface area contributed by atoms with Gasteiger partial charge in [0.2, 0.25) is 0 Å². The van der Waals surface area contributed by atoms with Gasteiger partial charge in [-0.2, -0.15) is 0 Å². The lowest BCUT2D eigenvalue weighted by molar-refractivity contribution is 0.148. The van der Waals surface area contributed by atoms with Gasteiger partial charge in [-0.05, 0) is 17.8 Å². The van der Waals surface area contributed by atoms with E-state index in [0.717, 1.165) is 12.3 Å². The van der Waals surface area contributed by atoms with Gasteiger partial charge in [-0.3, -0.25) is 0 Å². The van der Waals surface area contributed by atoms with Gasteiger partial charge in [0.1, 0.15) is 0 Å². The van der Waals surface area contributed by atoms with Crippen LogP contribution in [0.3, 0.4) is 0 Å². The zero-order valence-electron chi connectivity index (χ0n) is 9.32. The third kappa shape index (κ3) is 2.50. The van der Waals surface area contributed by atoms with Gasteiger partial charge in [-0.15, -0.1) is 0 Å². The highest BCUT2D eigenvalue weighted by Gasteiger charge is 2.29. The Kier molecular flexibility index (Phi) is 5.61. The molecular formula is C12H25. The lowest BCUT2D eigenvalue weighted by atomic mass is 9.69. The molecule has 0 rings (SSSR count). The van der Waals surface area contributed by atoms with Crippen LogP contribution in [0.25, 0.3) is 0 Å². The minimum Gasteiger partial charge on any atom is -0.0654 e. The van der Waals surface area contributed by atoms with E-state index in [1.807, 2.05) is 0 Å². The second-order valence-corrected chi connectivity index (χ2v) is 4.01. The standard InChI is InChI=1S/C12H25/c1-6-10-11(5)12(7-2,8-3)9-4/h11H,2,6-10H2,1,3-5H3. The van der Waals surface area contributed by atoms with Gasteiger partial charge in [0.05, 0.1) is 0 Å². The zero-order valence-corrected chi connectivity index (χ0v) is 9.32. The molecular weight excluding hydrogens is 144 g/mol.